The second-order valence-electron chi connectivity index (χ2n) is 5.96. The molecule has 0 fully saturated rings. The summed E-state index contributed by atoms with van der Waals surface area (Å²) < 4.78 is 33.6. The van der Waals surface area contributed by atoms with E-state index in [2.05, 4.69) is 25.2 Å². The number of thioether (sulfide) groups is 1. The fraction of sp³-hybridized carbons (Fsp3) is 0.0588. The van der Waals surface area contributed by atoms with Crippen molar-refractivity contribution in [3.8, 4) is 11.6 Å². The molecular formula is C17H15N7O4S3. The largest absolute Gasteiger partial charge is 0.461 e. The van der Waals surface area contributed by atoms with Crippen LogP contribution in [-0.2, 0) is 14.8 Å². The lowest BCUT2D eigenvalue weighted by atomic mass is 10.3. The van der Waals surface area contributed by atoms with Crippen molar-refractivity contribution in [1.29, 1.82) is 0 Å². The number of furan rings is 1. The molecule has 0 bridgehead atoms. The van der Waals surface area contributed by atoms with Gasteiger partial charge in [-0.2, -0.15) is 0 Å². The standard InChI is InChI=1S/C17H15N7O4S3/c18-24-15(13-2-1-8-28-13)21-22-17(24)30-10-14(25)20-11-3-5-12(6-4-11)31(26,27)23-16-19-7-9-29-16/h1-9H,10,18H2,(H,19,23)(H,20,25). The quantitative estimate of drug-likeness (QED) is 0.255. The summed E-state index contributed by atoms with van der Waals surface area (Å²) >= 11 is 2.28. The number of nitrogens with two attached hydrogens (primary N) is 1. The zero-order valence-electron chi connectivity index (χ0n) is 15.6. The van der Waals surface area contributed by atoms with Crippen molar-refractivity contribution in [2.45, 2.75) is 10.1 Å². The van der Waals surface area contributed by atoms with Gasteiger partial charge in [-0.3, -0.25) is 9.52 Å². The topological polar surface area (TPSA) is 158 Å². The van der Waals surface area contributed by atoms with E-state index in [9.17, 15) is 13.2 Å². The van der Waals surface area contributed by atoms with Gasteiger partial charge in [0.05, 0.1) is 16.9 Å². The smallest absolute Gasteiger partial charge is 0.263 e. The molecule has 0 radical (unpaired) electrons. The molecule has 0 atom stereocenters. The van der Waals surface area contributed by atoms with Gasteiger partial charge in [0.25, 0.3) is 10.0 Å². The van der Waals surface area contributed by atoms with Gasteiger partial charge in [0, 0.05) is 17.3 Å². The Balaban J connectivity index is 1.34. The van der Waals surface area contributed by atoms with Crippen LogP contribution in [0.2, 0.25) is 0 Å². The molecule has 1 aromatic carbocycles. The van der Waals surface area contributed by atoms with Gasteiger partial charge in [0.2, 0.25) is 16.9 Å². The van der Waals surface area contributed by atoms with E-state index in [1.165, 1.54) is 52.7 Å². The minimum atomic E-state index is -3.75. The summed E-state index contributed by atoms with van der Waals surface area (Å²) in [4.78, 5) is 16.2. The van der Waals surface area contributed by atoms with Crippen molar-refractivity contribution in [3.63, 3.8) is 0 Å². The fourth-order valence-electron chi connectivity index (χ4n) is 2.44. The van der Waals surface area contributed by atoms with E-state index in [0.29, 0.717) is 22.4 Å². The first-order chi connectivity index (χ1) is 14.9. The van der Waals surface area contributed by atoms with E-state index in [0.717, 1.165) is 11.8 Å². The molecule has 11 nitrogen and oxygen atoms in total. The highest BCUT2D eigenvalue weighted by atomic mass is 32.2. The summed E-state index contributed by atoms with van der Waals surface area (Å²) in [5.41, 5.74) is 0.448. The summed E-state index contributed by atoms with van der Waals surface area (Å²) in [6.45, 7) is 0. The van der Waals surface area contributed by atoms with Crippen LogP contribution < -0.4 is 15.9 Å². The Kier molecular flexibility index (Phi) is 5.92. The van der Waals surface area contributed by atoms with Crippen LogP contribution in [0.25, 0.3) is 11.6 Å². The van der Waals surface area contributed by atoms with Crippen LogP contribution in [0.15, 0.2) is 68.7 Å². The van der Waals surface area contributed by atoms with Gasteiger partial charge < -0.3 is 15.6 Å². The number of benzene rings is 1. The number of anilines is 2. The normalized spacial score (nSPS) is 11.4. The minimum Gasteiger partial charge on any atom is -0.461 e. The molecule has 3 aromatic heterocycles. The van der Waals surface area contributed by atoms with Gasteiger partial charge in [-0.25, -0.2) is 18.1 Å². The second kappa shape index (κ2) is 8.79. The van der Waals surface area contributed by atoms with Crippen molar-refractivity contribution >= 4 is 49.8 Å². The predicted molar refractivity (Wildman–Crippen MR) is 117 cm³/mol. The summed E-state index contributed by atoms with van der Waals surface area (Å²) in [6, 6.07) is 9.19. The number of sulfonamides is 1. The third-order valence-corrected chi connectivity index (χ3v) is 6.96. The van der Waals surface area contributed by atoms with Gasteiger partial charge in [-0.1, -0.05) is 11.8 Å². The van der Waals surface area contributed by atoms with Gasteiger partial charge in [0.1, 0.15) is 0 Å². The van der Waals surface area contributed by atoms with Crippen molar-refractivity contribution < 1.29 is 17.6 Å². The zero-order valence-corrected chi connectivity index (χ0v) is 18.1. The molecule has 0 saturated heterocycles. The Hall–Kier alpha value is -3.36. The Morgan fingerprint density at radius 3 is 2.71 bits per heavy atom. The number of nitrogen functional groups attached to an aromatic ring is 1. The molecule has 1 amide bonds. The first-order valence-corrected chi connectivity index (χ1v) is 12.0. The summed E-state index contributed by atoms with van der Waals surface area (Å²) in [5.74, 6) is 6.47. The summed E-state index contributed by atoms with van der Waals surface area (Å²) in [7, 11) is -3.75. The van der Waals surface area contributed by atoms with Crippen LogP contribution in [0.4, 0.5) is 10.8 Å². The number of hydrogen-bond acceptors (Lipinski definition) is 10. The van der Waals surface area contributed by atoms with Crippen molar-refractivity contribution in [3.05, 3.63) is 54.2 Å². The van der Waals surface area contributed by atoms with Crippen LogP contribution in [-0.4, -0.2) is 39.9 Å². The average Bonchev–Trinajstić information content (AvgIpc) is 3.49. The lowest BCUT2D eigenvalue weighted by Gasteiger charge is -2.08. The van der Waals surface area contributed by atoms with Crippen LogP contribution >= 0.6 is 23.1 Å². The lowest BCUT2D eigenvalue weighted by Crippen LogP contribution is -2.16. The highest BCUT2D eigenvalue weighted by molar-refractivity contribution is 7.99. The van der Waals surface area contributed by atoms with Crippen LogP contribution in [0.5, 0.6) is 0 Å². The van der Waals surface area contributed by atoms with E-state index in [-0.39, 0.29) is 21.7 Å². The molecule has 0 aliphatic heterocycles. The van der Waals surface area contributed by atoms with Crippen LogP contribution in [0, 0.1) is 0 Å². The number of nitrogens with zero attached hydrogens (tertiary/aromatic N) is 4. The van der Waals surface area contributed by atoms with E-state index >= 15 is 0 Å². The molecular weight excluding hydrogens is 462 g/mol. The molecule has 31 heavy (non-hydrogen) atoms. The van der Waals surface area contributed by atoms with Crippen LogP contribution in [0.1, 0.15) is 0 Å². The molecule has 14 heteroatoms. The molecule has 3 heterocycles. The fourth-order valence-corrected chi connectivity index (χ4v) is 4.89. The van der Waals surface area contributed by atoms with E-state index in [4.69, 9.17) is 10.3 Å². The number of carbonyl (C=O) groups excluding carboxylic acids is 1. The molecule has 4 rings (SSSR count). The molecule has 4 aromatic rings. The molecule has 0 spiro atoms. The maximum absolute atomic E-state index is 12.3. The van der Waals surface area contributed by atoms with E-state index in [1.54, 1.807) is 17.5 Å². The number of hydrogen-bond donors (Lipinski definition) is 3. The maximum Gasteiger partial charge on any atom is 0.263 e. The monoisotopic (exact) mass is 477 g/mol. The first kappa shape index (κ1) is 20.9. The number of rotatable bonds is 8. The lowest BCUT2D eigenvalue weighted by molar-refractivity contribution is -0.113. The number of amides is 1. The second-order valence-corrected chi connectivity index (χ2v) is 9.48. The Morgan fingerprint density at radius 2 is 2.03 bits per heavy atom. The molecule has 4 N–H and O–H groups in total. The van der Waals surface area contributed by atoms with Crippen molar-refractivity contribution in [2.75, 3.05) is 21.6 Å². The van der Waals surface area contributed by atoms with E-state index < -0.39 is 10.0 Å². The zero-order chi connectivity index (χ0) is 21.8. The van der Waals surface area contributed by atoms with Crippen LogP contribution in [0.3, 0.4) is 0 Å². The highest BCUT2D eigenvalue weighted by Gasteiger charge is 2.17. The summed E-state index contributed by atoms with van der Waals surface area (Å²) in [5, 5.41) is 12.9. The number of thiazole rings is 1. The minimum absolute atomic E-state index is 0.0269. The van der Waals surface area contributed by atoms with Crippen molar-refractivity contribution in [2.24, 2.45) is 0 Å². The number of nitrogens with one attached hydrogen (secondary N) is 2. The molecule has 0 aliphatic rings. The Morgan fingerprint density at radius 1 is 1.23 bits per heavy atom. The predicted octanol–water partition coefficient (Wildman–Crippen LogP) is 2.24. The average molecular weight is 478 g/mol. The van der Waals surface area contributed by atoms with Gasteiger partial charge in [-0.15, -0.1) is 21.5 Å². The number of carbonyl (C=O) groups is 1. The third kappa shape index (κ3) is 4.87. The van der Waals surface area contributed by atoms with Gasteiger partial charge >= 0.3 is 0 Å². The SMILES string of the molecule is Nn1c(SCC(=O)Nc2ccc(S(=O)(=O)Nc3nccs3)cc2)nnc1-c1ccco1. The van der Waals surface area contributed by atoms with Gasteiger partial charge in [0.15, 0.2) is 10.9 Å². The summed E-state index contributed by atoms with van der Waals surface area (Å²) in [6.07, 6.45) is 3.00. The Labute approximate surface area is 184 Å². The Bertz CT molecular complexity index is 1270. The highest BCUT2D eigenvalue weighted by Crippen LogP contribution is 2.23. The first-order valence-electron chi connectivity index (χ1n) is 8.62. The maximum atomic E-state index is 12.3. The molecule has 0 unspecified atom stereocenters. The van der Waals surface area contributed by atoms with Crippen molar-refractivity contribution in [1.82, 2.24) is 19.9 Å². The van der Waals surface area contributed by atoms with E-state index in [1.807, 2.05) is 0 Å². The molecule has 160 valence electrons. The number of aromatic nitrogens is 4. The third-order valence-electron chi connectivity index (χ3n) is 3.84. The molecule has 0 aliphatic carbocycles. The molecule has 0 saturated carbocycles. The van der Waals surface area contributed by atoms with Gasteiger partial charge in [-0.05, 0) is 36.4 Å².